The van der Waals surface area contributed by atoms with Gasteiger partial charge < -0.3 is 4.43 Å². The van der Waals surface area contributed by atoms with Gasteiger partial charge in [0.25, 0.3) is 0 Å². The van der Waals surface area contributed by atoms with Crippen molar-refractivity contribution in [3.63, 3.8) is 0 Å². The first-order valence-corrected chi connectivity index (χ1v) is 8.91. The topological polar surface area (TPSA) is 33.0 Å². The maximum atomic E-state index is 9.26. The molecule has 0 N–H and O–H groups in total. The lowest BCUT2D eigenvalue weighted by atomic mass is 9.98. The molecule has 0 amide bonds. The molecule has 0 heterocycles. The maximum absolute atomic E-state index is 9.26. The summed E-state index contributed by atoms with van der Waals surface area (Å²) in [4.78, 5) is 0. The smallest absolute Gasteiger partial charge is 0.185 e. The summed E-state index contributed by atoms with van der Waals surface area (Å²) in [5.74, 6) is 0. The predicted octanol–water partition coefficient (Wildman–Crippen LogP) is 3.36. The van der Waals surface area contributed by atoms with E-state index in [0.717, 1.165) is 5.56 Å². The molecule has 0 aliphatic rings. The molecule has 1 aromatic carbocycles. The van der Waals surface area contributed by atoms with E-state index in [0.29, 0.717) is 6.42 Å². The lowest BCUT2D eigenvalue weighted by Crippen LogP contribution is -2.41. The van der Waals surface area contributed by atoms with Crippen molar-refractivity contribution >= 4 is 8.32 Å². The summed E-state index contributed by atoms with van der Waals surface area (Å²) in [6.45, 7) is 8.19. The first-order chi connectivity index (χ1) is 7.35. The maximum Gasteiger partial charge on any atom is 0.185 e. The Morgan fingerprint density at radius 1 is 1.25 bits per heavy atom. The van der Waals surface area contributed by atoms with Gasteiger partial charge in [0.2, 0.25) is 0 Å². The Labute approximate surface area is 99.0 Å². The molecule has 0 aliphatic carbocycles. The van der Waals surface area contributed by atoms with Crippen molar-refractivity contribution < 1.29 is 4.43 Å². The zero-order chi connectivity index (χ0) is 12.2. The molecule has 1 rings (SSSR count). The number of hydrogen-bond donors (Lipinski definition) is 0. The van der Waals surface area contributed by atoms with Crippen molar-refractivity contribution in [3.05, 3.63) is 35.9 Å². The van der Waals surface area contributed by atoms with Crippen LogP contribution in [0.2, 0.25) is 19.6 Å². The van der Waals surface area contributed by atoms with Gasteiger partial charge in [-0.05, 0) is 32.1 Å². The number of nitrogens with zero attached hydrogens (tertiary/aromatic N) is 1. The van der Waals surface area contributed by atoms with Gasteiger partial charge in [-0.2, -0.15) is 5.26 Å². The molecule has 0 saturated carbocycles. The summed E-state index contributed by atoms with van der Waals surface area (Å²) in [5, 5.41) is 9.26. The summed E-state index contributed by atoms with van der Waals surface area (Å²) < 4.78 is 5.96. The Balaban J connectivity index is 2.80. The van der Waals surface area contributed by atoms with E-state index in [2.05, 4.69) is 25.7 Å². The van der Waals surface area contributed by atoms with E-state index in [1.54, 1.807) is 0 Å². The van der Waals surface area contributed by atoms with Gasteiger partial charge in [-0.3, -0.25) is 0 Å². The minimum absolute atomic E-state index is 0.647. The third kappa shape index (κ3) is 4.17. The molecule has 0 unspecified atom stereocenters. The van der Waals surface area contributed by atoms with Crippen LogP contribution in [0.15, 0.2) is 30.3 Å². The summed E-state index contributed by atoms with van der Waals surface area (Å²) in [7, 11) is -1.69. The van der Waals surface area contributed by atoms with Crippen LogP contribution in [-0.4, -0.2) is 13.9 Å². The van der Waals surface area contributed by atoms with E-state index in [1.807, 2.05) is 37.3 Å². The number of hydrogen-bond acceptors (Lipinski definition) is 2. The quantitative estimate of drug-likeness (QED) is 0.747. The van der Waals surface area contributed by atoms with Crippen LogP contribution in [0.3, 0.4) is 0 Å². The van der Waals surface area contributed by atoms with Crippen molar-refractivity contribution in [2.45, 2.75) is 38.6 Å². The first-order valence-electron chi connectivity index (χ1n) is 5.50. The third-order valence-corrected chi connectivity index (χ3v) is 3.22. The van der Waals surface area contributed by atoms with Gasteiger partial charge in [0.05, 0.1) is 6.07 Å². The number of nitriles is 1. The van der Waals surface area contributed by atoms with Crippen LogP contribution < -0.4 is 0 Å². The molecule has 3 heteroatoms. The molecular weight excluding hydrogens is 214 g/mol. The summed E-state index contributed by atoms with van der Waals surface area (Å²) in [5.41, 5.74) is 0.441. The molecule has 0 aromatic heterocycles. The third-order valence-electron chi connectivity index (χ3n) is 2.15. The normalized spacial score (nSPS) is 15.2. The minimum Gasteiger partial charge on any atom is -0.400 e. The Morgan fingerprint density at radius 3 is 2.25 bits per heavy atom. The van der Waals surface area contributed by atoms with Gasteiger partial charge in [-0.1, -0.05) is 30.3 Å². The first kappa shape index (κ1) is 13.0. The highest BCUT2D eigenvalue weighted by Crippen LogP contribution is 2.21. The van der Waals surface area contributed by atoms with Crippen molar-refractivity contribution in [2.75, 3.05) is 0 Å². The van der Waals surface area contributed by atoms with Crippen LogP contribution in [0.1, 0.15) is 12.5 Å². The van der Waals surface area contributed by atoms with E-state index < -0.39 is 13.9 Å². The van der Waals surface area contributed by atoms with Crippen LogP contribution in [0.4, 0.5) is 0 Å². The molecule has 16 heavy (non-hydrogen) atoms. The zero-order valence-corrected chi connectivity index (χ0v) is 11.4. The van der Waals surface area contributed by atoms with E-state index in [1.165, 1.54) is 0 Å². The monoisotopic (exact) mass is 233 g/mol. The molecule has 0 aliphatic heterocycles. The van der Waals surface area contributed by atoms with Crippen molar-refractivity contribution in [1.82, 2.24) is 0 Å². The van der Waals surface area contributed by atoms with E-state index >= 15 is 0 Å². The van der Waals surface area contributed by atoms with Gasteiger partial charge in [0.15, 0.2) is 8.32 Å². The van der Waals surface area contributed by atoms with Crippen LogP contribution in [0.5, 0.6) is 0 Å². The second-order valence-electron chi connectivity index (χ2n) is 5.22. The zero-order valence-electron chi connectivity index (χ0n) is 10.4. The van der Waals surface area contributed by atoms with Gasteiger partial charge in [0.1, 0.15) is 5.60 Å². The standard InChI is InChI=1S/C13H19NOSi/c1-13(11-14,15-16(2,3)4)10-12-8-6-5-7-9-12/h5-9H,10H2,1-4H3/t13-/m1/s1. The summed E-state index contributed by atoms with van der Waals surface area (Å²) >= 11 is 0. The fourth-order valence-electron chi connectivity index (χ4n) is 1.76. The summed E-state index contributed by atoms with van der Waals surface area (Å²) in [6.07, 6.45) is 0.647. The Morgan fingerprint density at radius 2 is 1.81 bits per heavy atom. The van der Waals surface area contributed by atoms with E-state index in [4.69, 9.17) is 4.43 Å². The second kappa shape index (κ2) is 4.81. The Bertz CT molecular complexity index is 377. The van der Waals surface area contributed by atoms with E-state index in [-0.39, 0.29) is 0 Å². The lowest BCUT2D eigenvalue weighted by Gasteiger charge is -2.30. The van der Waals surface area contributed by atoms with Gasteiger partial charge in [-0.25, -0.2) is 0 Å². The van der Waals surface area contributed by atoms with Crippen LogP contribution in [0, 0.1) is 11.3 Å². The largest absolute Gasteiger partial charge is 0.400 e. The highest BCUT2D eigenvalue weighted by molar-refractivity contribution is 6.69. The van der Waals surface area contributed by atoms with Gasteiger partial charge in [-0.15, -0.1) is 0 Å². The highest BCUT2D eigenvalue weighted by Gasteiger charge is 2.31. The molecule has 1 atom stereocenters. The molecular formula is C13H19NOSi. The average molecular weight is 233 g/mol. The van der Waals surface area contributed by atoms with Crippen molar-refractivity contribution in [2.24, 2.45) is 0 Å². The van der Waals surface area contributed by atoms with Crippen molar-refractivity contribution in [3.8, 4) is 6.07 Å². The number of rotatable bonds is 4. The predicted molar refractivity (Wildman–Crippen MR) is 68.6 cm³/mol. The fourth-order valence-corrected chi connectivity index (χ4v) is 3.23. The van der Waals surface area contributed by atoms with Crippen molar-refractivity contribution in [1.29, 1.82) is 5.26 Å². The average Bonchev–Trinajstić information content (AvgIpc) is 2.16. The minimum atomic E-state index is -1.69. The molecule has 0 saturated heterocycles. The fraction of sp³-hybridized carbons (Fsp3) is 0.462. The van der Waals surface area contributed by atoms with Crippen LogP contribution >= 0.6 is 0 Å². The second-order valence-corrected chi connectivity index (χ2v) is 9.65. The molecule has 0 spiro atoms. The molecule has 0 radical (unpaired) electrons. The molecule has 2 nitrogen and oxygen atoms in total. The molecule has 1 aromatic rings. The lowest BCUT2D eigenvalue weighted by molar-refractivity contribution is 0.141. The van der Waals surface area contributed by atoms with Crippen LogP contribution in [-0.2, 0) is 10.8 Å². The molecule has 0 fully saturated rings. The van der Waals surface area contributed by atoms with Gasteiger partial charge >= 0.3 is 0 Å². The van der Waals surface area contributed by atoms with Crippen LogP contribution in [0.25, 0.3) is 0 Å². The Hall–Kier alpha value is -1.11. The summed E-state index contributed by atoms with van der Waals surface area (Å²) in [6, 6.07) is 12.3. The Kier molecular flexibility index (Phi) is 3.90. The molecule has 0 bridgehead atoms. The highest BCUT2D eigenvalue weighted by atomic mass is 28.4. The SMILES string of the molecule is C[C@](C#N)(Cc1ccccc1)O[Si](C)(C)C. The van der Waals surface area contributed by atoms with Gasteiger partial charge in [0, 0.05) is 6.42 Å². The number of benzene rings is 1. The molecule has 86 valence electrons. The van der Waals surface area contributed by atoms with E-state index in [9.17, 15) is 5.26 Å².